The Morgan fingerprint density at radius 2 is 1.86 bits per heavy atom. The van der Waals surface area contributed by atoms with E-state index >= 15 is 0 Å². The molecule has 0 aliphatic heterocycles. The van der Waals surface area contributed by atoms with E-state index in [-0.39, 0.29) is 12.0 Å². The quantitative estimate of drug-likeness (QED) is 0.830. The molecule has 118 valence electrons. The van der Waals surface area contributed by atoms with Crippen LogP contribution in [-0.4, -0.2) is 32.0 Å². The average molecular weight is 313 g/mol. The van der Waals surface area contributed by atoms with Crippen LogP contribution in [0, 0.1) is 0 Å². The fourth-order valence-corrected chi connectivity index (χ4v) is 1.90. The Hall–Kier alpha value is -2.38. The van der Waals surface area contributed by atoms with Gasteiger partial charge in [0, 0.05) is 18.5 Å². The number of hydrogen-bond donors (Lipinski definition) is 1. The number of alkyl halides is 3. The molecule has 0 spiro atoms. The molecule has 1 aromatic carbocycles. The highest BCUT2D eigenvalue weighted by Gasteiger charge is 2.25. The molecule has 0 bridgehead atoms. The van der Waals surface area contributed by atoms with Gasteiger partial charge in [-0.1, -0.05) is 12.1 Å². The van der Waals surface area contributed by atoms with E-state index in [9.17, 15) is 18.0 Å². The summed E-state index contributed by atoms with van der Waals surface area (Å²) in [5.41, 5.74) is 0.814. The lowest BCUT2D eigenvalue weighted by Crippen LogP contribution is -2.07. The predicted octanol–water partition coefficient (Wildman–Crippen LogP) is 3.38. The van der Waals surface area contributed by atoms with Crippen LogP contribution in [0.15, 0.2) is 30.6 Å². The van der Waals surface area contributed by atoms with E-state index in [4.69, 9.17) is 5.11 Å². The summed E-state index contributed by atoms with van der Waals surface area (Å²) in [6.45, 7) is 0.357. The number of aromatic carboxylic acids is 1. The second-order valence-corrected chi connectivity index (χ2v) is 4.79. The van der Waals surface area contributed by atoms with Crippen LogP contribution in [0.2, 0.25) is 0 Å². The highest BCUT2D eigenvalue weighted by Crippen LogP contribution is 2.22. The van der Waals surface area contributed by atoms with E-state index in [1.165, 1.54) is 23.1 Å². The van der Waals surface area contributed by atoms with Gasteiger partial charge in [-0.3, -0.25) is 4.68 Å². The maximum Gasteiger partial charge on any atom is 0.389 e. The van der Waals surface area contributed by atoms with Gasteiger partial charge in [0.25, 0.3) is 0 Å². The van der Waals surface area contributed by atoms with Gasteiger partial charge in [0.1, 0.15) is 6.33 Å². The smallest absolute Gasteiger partial charge is 0.389 e. The van der Waals surface area contributed by atoms with Gasteiger partial charge in [0.2, 0.25) is 0 Å². The first-order valence-electron chi connectivity index (χ1n) is 6.65. The molecule has 2 aromatic rings. The van der Waals surface area contributed by atoms with Crippen LogP contribution in [0.4, 0.5) is 13.2 Å². The van der Waals surface area contributed by atoms with Gasteiger partial charge in [-0.05, 0) is 25.0 Å². The van der Waals surface area contributed by atoms with Crippen molar-refractivity contribution in [2.24, 2.45) is 0 Å². The van der Waals surface area contributed by atoms with Crippen molar-refractivity contribution >= 4 is 5.97 Å². The summed E-state index contributed by atoms with van der Waals surface area (Å²) in [5, 5.41) is 13.0. The fourth-order valence-electron chi connectivity index (χ4n) is 1.90. The van der Waals surface area contributed by atoms with Gasteiger partial charge in [0.05, 0.1) is 5.56 Å². The third kappa shape index (κ3) is 4.57. The number of carboxylic acids is 1. The molecule has 0 radical (unpaired) electrons. The molecule has 5 nitrogen and oxygen atoms in total. The lowest BCUT2D eigenvalue weighted by Gasteiger charge is -2.05. The molecule has 1 aromatic heterocycles. The van der Waals surface area contributed by atoms with Crippen molar-refractivity contribution in [1.82, 2.24) is 14.8 Å². The van der Waals surface area contributed by atoms with Crippen molar-refractivity contribution in [3.8, 4) is 11.4 Å². The Bertz CT molecular complexity index is 636. The monoisotopic (exact) mass is 313 g/mol. The second-order valence-electron chi connectivity index (χ2n) is 4.79. The first-order valence-corrected chi connectivity index (χ1v) is 6.65. The normalized spacial score (nSPS) is 11.6. The average Bonchev–Trinajstić information content (AvgIpc) is 2.91. The minimum absolute atomic E-state index is 0.0476. The summed E-state index contributed by atoms with van der Waals surface area (Å²) in [4.78, 5) is 14.8. The Kier molecular flexibility index (Phi) is 4.79. The third-order valence-electron chi connectivity index (χ3n) is 3.02. The summed E-state index contributed by atoms with van der Waals surface area (Å²) in [6, 6.07) is 6.07. The zero-order valence-corrected chi connectivity index (χ0v) is 11.5. The number of aromatic nitrogens is 3. The van der Waals surface area contributed by atoms with Crippen molar-refractivity contribution in [3.05, 3.63) is 36.2 Å². The molecule has 8 heteroatoms. The molecule has 0 unspecified atom stereocenters. The molecule has 1 heterocycles. The zero-order valence-electron chi connectivity index (χ0n) is 11.5. The van der Waals surface area contributed by atoms with Crippen LogP contribution in [0.25, 0.3) is 11.4 Å². The summed E-state index contributed by atoms with van der Waals surface area (Å²) in [5.74, 6) is -0.609. The third-order valence-corrected chi connectivity index (χ3v) is 3.02. The molecule has 0 atom stereocenters. The molecule has 0 fully saturated rings. The topological polar surface area (TPSA) is 68.0 Å². The fraction of sp³-hybridized carbons (Fsp3) is 0.357. The number of unbranched alkanes of at least 4 members (excludes halogenated alkanes) is 1. The molecule has 22 heavy (non-hydrogen) atoms. The van der Waals surface area contributed by atoms with Gasteiger partial charge in [-0.2, -0.15) is 18.3 Å². The molecule has 0 aliphatic rings. The first-order chi connectivity index (χ1) is 10.3. The lowest BCUT2D eigenvalue weighted by atomic mass is 10.1. The van der Waals surface area contributed by atoms with Gasteiger partial charge in [-0.25, -0.2) is 9.78 Å². The Balaban J connectivity index is 1.92. The summed E-state index contributed by atoms with van der Waals surface area (Å²) < 4.78 is 37.5. The molecule has 0 amide bonds. The molecule has 2 rings (SSSR count). The number of hydrogen-bond acceptors (Lipinski definition) is 3. The molecular formula is C14H14F3N3O2. The number of nitrogens with zero attached hydrogens (tertiary/aromatic N) is 3. The SMILES string of the molecule is O=C(O)c1ccc(-c2ncn(CCCCC(F)(F)F)n2)cc1. The maximum atomic E-state index is 12.0. The van der Waals surface area contributed by atoms with E-state index in [1.54, 1.807) is 12.1 Å². The van der Waals surface area contributed by atoms with Crippen LogP contribution in [-0.2, 0) is 6.54 Å². The Labute approximate surface area is 124 Å². The van der Waals surface area contributed by atoms with Gasteiger partial charge >= 0.3 is 12.1 Å². The van der Waals surface area contributed by atoms with Crippen molar-refractivity contribution in [2.45, 2.75) is 32.0 Å². The van der Waals surface area contributed by atoms with Crippen molar-refractivity contribution in [3.63, 3.8) is 0 Å². The van der Waals surface area contributed by atoms with Crippen molar-refractivity contribution < 1.29 is 23.1 Å². The highest BCUT2D eigenvalue weighted by atomic mass is 19.4. The minimum atomic E-state index is -4.13. The number of carboxylic acid groups (broad SMARTS) is 1. The van der Waals surface area contributed by atoms with E-state index in [2.05, 4.69) is 10.1 Å². The van der Waals surface area contributed by atoms with Crippen molar-refractivity contribution in [1.29, 1.82) is 0 Å². The number of aryl methyl sites for hydroxylation is 1. The molecule has 0 aliphatic carbocycles. The number of carbonyl (C=O) groups is 1. The summed E-state index contributed by atoms with van der Waals surface area (Å²) >= 11 is 0. The van der Waals surface area contributed by atoms with Gasteiger partial charge in [0.15, 0.2) is 5.82 Å². The number of halogens is 3. The molecule has 0 saturated carbocycles. The van der Waals surface area contributed by atoms with E-state index in [1.807, 2.05) is 0 Å². The zero-order chi connectivity index (χ0) is 16.2. The molecule has 0 saturated heterocycles. The lowest BCUT2D eigenvalue weighted by molar-refractivity contribution is -0.135. The van der Waals surface area contributed by atoms with Crippen LogP contribution >= 0.6 is 0 Å². The van der Waals surface area contributed by atoms with E-state index in [0.717, 1.165) is 0 Å². The largest absolute Gasteiger partial charge is 0.478 e. The number of benzene rings is 1. The summed E-state index contributed by atoms with van der Waals surface area (Å²) in [7, 11) is 0. The minimum Gasteiger partial charge on any atom is -0.478 e. The van der Waals surface area contributed by atoms with E-state index < -0.39 is 18.6 Å². The second kappa shape index (κ2) is 6.59. The molecule has 1 N–H and O–H groups in total. The standard InChI is InChI=1S/C14H14F3N3O2/c15-14(16,17)7-1-2-8-20-9-18-12(19-20)10-3-5-11(6-4-10)13(21)22/h3-6,9H,1-2,7-8H2,(H,21,22). The summed E-state index contributed by atoms with van der Waals surface area (Å²) in [6.07, 6.45) is -3.06. The van der Waals surface area contributed by atoms with Crippen LogP contribution in [0.3, 0.4) is 0 Å². The van der Waals surface area contributed by atoms with E-state index in [0.29, 0.717) is 24.4 Å². The van der Waals surface area contributed by atoms with Crippen LogP contribution in [0.1, 0.15) is 29.6 Å². The van der Waals surface area contributed by atoms with Crippen LogP contribution < -0.4 is 0 Å². The predicted molar refractivity (Wildman–Crippen MR) is 72.3 cm³/mol. The highest BCUT2D eigenvalue weighted by molar-refractivity contribution is 5.88. The number of rotatable bonds is 6. The Morgan fingerprint density at radius 1 is 1.18 bits per heavy atom. The van der Waals surface area contributed by atoms with Gasteiger partial charge in [-0.15, -0.1) is 0 Å². The first kappa shape index (κ1) is 16.0. The van der Waals surface area contributed by atoms with Crippen LogP contribution in [0.5, 0.6) is 0 Å². The molecular weight excluding hydrogens is 299 g/mol. The maximum absolute atomic E-state index is 12.0. The van der Waals surface area contributed by atoms with Gasteiger partial charge < -0.3 is 5.11 Å². The van der Waals surface area contributed by atoms with Crippen molar-refractivity contribution in [2.75, 3.05) is 0 Å². The Morgan fingerprint density at radius 3 is 2.45 bits per heavy atom.